The van der Waals surface area contributed by atoms with Gasteiger partial charge in [0.05, 0.1) is 12.5 Å². The lowest BCUT2D eigenvalue weighted by Gasteiger charge is -2.25. The molecule has 0 bridgehead atoms. The average molecular weight is 288 g/mol. The van der Waals surface area contributed by atoms with Gasteiger partial charge in [-0.3, -0.25) is 4.90 Å². The van der Waals surface area contributed by atoms with Crippen LogP contribution in [0, 0.1) is 0 Å². The molecule has 20 heavy (non-hydrogen) atoms. The second kappa shape index (κ2) is 6.41. The number of thioether (sulfide) groups is 1. The smallest absolute Gasteiger partial charge is 0.188 e. The van der Waals surface area contributed by atoms with Crippen molar-refractivity contribution < 1.29 is 0 Å². The van der Waals surface area contributed by atoms with E-state index in [-0.39, 0.29) is 0 Å². The fourth-order valence-electron chi connectivity index (χ4n) is 2.32. The highest BCUT2D eigenvalue weighted by molar-refractivity contribution is 7.99. The Morgan fingerprint density at radius 2 is 2.10 bits per heavy atom. The van der Waals surface area contributed by atoms with Gasteiger partial charge >= 0.3 is 0 Å². The summed E-state index contributed by atoms with van der Waals surface area (Å²) in [7, 11) is 0. The molecule has 0 saturated carbocycles. The first-order valence-electron chi connectivity index (χ1n) is 7.18. The molecule has 0 unspecified atom stereocenters. The van der Waals surface area contributed by atoms with E-state index in [4.69, 9.17) is 0 Å². The molecule has 0 fully saturated rings. The maximum Gasteiger partial charge on any atom is 0.188 e. The van der Waals surface area contributed by atoms with Crippen molar-refractivity contribution >= 4 is 11.8 Å². The topological polar surface area (TPSA) is 34.0 Å². The minimum absolute atomic E-state index is 0.816. The van der Waals surface area contributed by atoms with Crippen LogP contribution in [0.15, 0.2) is 35.5 Å². The van der Waals surface area contributed by atoms with Crippen molar-refractivity contribution in [1.29, 1.82) is 0 Å². The standard InChI is InChI=1S/C15H20N4S/c1-2-3-9-18-11-19-15(20-12-18)16-14(17-19)10-13-7-5-4-6-8-13/h4-8H,2-3,9-12H2,1H3. The number of hydrogen-bond donors (Lipinski definition) is 0. The zero-order valence-electron chi connectivity index (χ0n) is 11.8. The fourth-order valence-corrected chi connectivity index (χ4v) is 3.25. The summed E-state index contributed by atoms with van der Waals surface area (Å²) in [4.78, 5) is 7.08. The van der Waals surface area contributed by atoms with Gasteiger partial charge in [-0.2, -0.15) is 5.10 Å². The highest BCUT2D eigenvalue weighted by Gasteiger charge is 2.19. The largest absolute Gasteiger partial charge is 0.275 e. The van der Waals surface area contributed by atoms with Crippen molar-refractivity contribution in [2.45, 2.75) is 38.0 Å². The molecule has 2 heterocycles. The van der Waals surface area contributed by atoms with E-state index in [1.807, 2.05) is 10.7 Å². The SMILES string of the molecule is CCCCN1CSc2nc(Cc3ccccc3)nn2C1. The lowest BCUT2D eigenvalue weighted by atomic mass is 10.1. The molecule has 4 nitrogen and oxygen atoms in total. The molecular weight excluding hydrogens is 268 g/mol. The predicted molar refractivity (Wildman–Crippen MR) is 81.6 cm³/mol. The van der Waals surface area contributed by atoms with Gasteiger partial charge in [0, 0.05) is 13.0 Å². The Bertz CT molecular complexity index is 552. The van der Waals surface area contributed by atoms with E-state index in [0.29, 0.717) is 0 Å². The van der Waals surface area contributed by atoms with Gasteiger partial charge in [0.15, 0.2) is 11.0 Å². The van der Waals surface area contributed by atoms with Crippen LogP contribution in [0.5, 0.6) is 0 Å². The summed E-state index contributed by atoms with van der Waals surface area (Å²) in [6.07, 6.45) is 3.31. The molecule has 3 rings (SSSR count). The summed E-state index contributed by atoms with van der Waals surface area (Å²) in [5, 5.41) is 5.71. The summed E-state index contributed by atoms with van der Waals surface area (Å²) < 4.78 is 2.04. The highest BCUT2D eigenvalue weighted by atomic mass is 32.2. The third-order valence-corrected chi connectivity index (χ3v) is 4.48. The van der Waals surface area contributed by atoms with Gasteiger partial charge in [-0.25, -0.2) is 9.67 Å². The third kappa shape index (κ3) is 3.22. The Morgan fingerprint density at radius 3 is 2.90 bits per heavy atom. The van der Waals surface area contributed by atoms with Crippen LogP contribution in [0.2, 0.25) is 0 Å². The van der Waals surface area contributed by atoms with Gasteiger partial charge in [-0.15, -0.1) is 0 Å². The number of benzene rings is 1. The molecule has 0 aliphatic carbocycles. The molecule has 2 aromatic rings. The quantitative estimate of drug-likeness (QED) is 0.847. The molecule has 0 N–H and O–H groups in total. The molecule has 1 aliphatic rings. The Morgan fingerprint density at radius 1 is 1.25 bits per heavy atom. The van der Waals surface area contributed by atoms with Crippen molar-refractivity contribution in [1.82, 2.24) is 19.7 Å². The molecule has 0 radical (unpaired) electrons. The van der Waals surface area contributed by atoms with Gasteiger partial charge in [0.2, 0.25) is 0 Å². The van der Waals surface area contributed by atoms with Crippen LogP contribution in [0.3, 0.4) is 0 Å². The van der Waals surface area contributed by atoms with E-state index in [1.165, 1.54) is 18.4 Å². The second-order valence-electron chi connectivity index (χ2n) is 5.14. The van der Waals surface area contributed by atoms with Gasteiger partial charge in [-0.1, -0.05) is 55.4 Å². The number of fused-ring (bicyclic) bond motifs is 1. The minimum atomic E-state index is 0.816. The zero-order valence-corrected chi connectivity index (χ0v) is 12.6. The summed E-state index contributed by atoms with van der Waals surface area (Å²) in [6, 6.07) is 10.4. The van der Waals surface area contributed by atoms with Crippen molar-refractivity contribution in [3.63, 3.8) is 0 Å². The molecule has 1 aromatic carbocycles. The molecule has 0 spiro atoms. The molecule has 106 valence electrons. The molecule has 0 saturated heterocycles. The molecule has 5 heteroatoms. The number of hydrogen-bond acceptors (Lipinski definition) is 4. The summed E-state index contributed by atoms with van der Waals surface area (Å²) in [5.41, 5.74) is 1.27. The summed E-state index contributed by atoms with van der Waals surface area (Å²) in [5.74, 6) is 1.96. The third-order valence-electron chi connectivity index (χ3n) is 3.42. The van der Waals surface area contributed by atoms with Crippen molar-refractivity contribution in [2.24, 2.45) is 0 Å². The number of nitrogens with zero attached hydrogens (tertiary/aromatic N) is 4. The van der Waals surface area contributed by atoms with E-state index in [1.54, 1.807) is 11.8 Å². The Hall–Kier alpha value is -1.33. The van der Waals surface area contributed by atoms with Gasteiger partial charge in [-0.05, 0) is 12.0 Å². The van der Waals surface area contributed by atoms with Crippen molar-refractivity contribution in [3.05, 3.63) is 41.7 Å². The predicted octanol–water partition coefficient (Wildman–Crippen LogP) is 2.99. The maximum absolute atomic E-state index is 4.65. The van der Waals surface area contributed by atoms with Crippen molar-refractivity contribution in [2.75, 3.05) is 12.4 Å². The van der Waals surface area contributed by atoms with E-state index >= 15 is 0 Å². The monoisotopic (exact) mass is 288 g/mol. The first kappa shape index (κ1) is 13.6. The van der Waals surface area contributed by atoms with Crippen LogP contribution >= 0.6 is 11.8 Å². The summed E-state index contributed by atoms with van der Waals surface area (Å²) >= 11 is 1.79. The normalized spacial score (nSPS) is 15.2. The fraction of sp³-hybridized carbons (Fsp3) is 0.467. The molecule has 0 amide bonds. The van der Waals surface area contributed by atoms with Crippen LogP contribution in [-0.4, -0.2) is 32.1 Å². The Kier molecular flexibility index (Phi) is 4.38. The van der Waals surface area contributed by atoms with Crippen LogP contribution < -0.4 is 0 Å². The maximum atomic E-state index is 4.65. The minimum Gasteiger partial charge on any atom is -0.275 e. The first-order valence-corrected chi connectivity index (χ1v) is 8.16. The molecule has 1 aromatic heterocycles. The Labute approximate surface area is 124 Å². The van der Waals surface area contributed by atoms with E-state index in [2.05, 4.69) is 46.2 Å². The van der Waals surface area contributed by atoms with E-state index in [9.17, 15) is 0 Å². The molecular formula is C15H20N4S. The van der Waals surface area contributed by atoms with Crippen LogP contribution in [0.25, 0.3) is 0 Å². The second-order valence-corrected chi connectivity index (χ2v) is 6.05. The average Bonchev–Trinajstić information content (AvgIpc) is 2.87. The first-order chi connectivity index (χ1) is 9.85. The summed E-state index contributed by atoms with van der Waals surface area (Å²) in [6.45, 7) is 4.26. The Balaban J connectivity index is 1.67. The molecule has 1 aliphatic heterocycles. The lowest BCUT2D eigenvalue weighted by Crippen LogP contribution is -2.31. The van der Waals surface area contributed by atoms with Gasteiger partial charge < -0.3 is 0 Å². The zero-order chi connectivity index (χ0) is 13.8. The number of aromatic nitrogens is 3. The highest BCUT2D eigenvalue weighted by Crippen LogP contribution is 2.23. The van der Waals surface area contributed by atoms with Gasteiger partial charge in [0.25, 0.3) is 0 Å². The van der Waals surface area contributed by atoms with Gasteiger partial charge in [0.1, 0.15) is 0 Å². The molecule has 0 atom stereocenters. The van der Waals surface area contributed by atoms with Crippen molar-refractivity contribution in [3.8, 4) is 0 Å². The van der Waals surface area contributed by atoms with Crippen LogP contribution in [0.1, 0.15) is 31.2 Å². The van der Waals surface area contributed by atoms with Crippen LogP contribution in [-0.2, 0) is 13.1 Å². The van der Waals surface area contributed by atoms with E-state index in [0.717, 1.165) is 36.5 Å². The van der Waals surface area contributed by atoms with Crippen LogP contribution in [0.4, 0.5) is 0 Å². The number of rotatable bonds is 5. The van der Waals surface area contributed by atoms with E-state index < -0.39 is 0 Å². The number of unbranched alkanes of at least 4 members (excludes halogenated alkanes) is 1. The lowest BCUT2D eigenvalue weighted by molar-refractivity contribution is 0.219.